The summed E-state index contributed by atoms with van der Waals surface area (Å²) in [6, 6.07) is 6.55. The molecule has 0 amide bonds. The number of hydrogen-bond donors (Lipinski definition) is 0. The van der Waals surface area contributed by atoms with Crippen LogP contribution in [0, 0.1) is 0 Å². The van der Waals surface area contributed by atoms with Gasteiger partial charge in [0.05, 0.1) is 12.7 Å². The van der Waals surface area contributed by atoms with Gasteiger partial charge in [-0.05, 0) is 44.0 Å². The Labute approximate surface area is 116 Å². The van der Waals surface area contributed by atoms with Crippen LogP contribution in [-0.2, 0) is 17.7 Å². The molecule has 0 N–H and O–H groups in total. The second-order valence-corrected chi connectivity index (χ2v) is 6.48. The van der Waals surface area contributed by atoms with Crippen molar-refractivity contribution in [2.24, 2.45) is 0 Å². The molecule has 92 valence electrons. The van der Waals surface area contributed by atoms with Crippen molar-refractivity contribution in [2.45, 2.75) is 10.3 Å². The smallest absolute Gasteiger partial charge is 0.337 e. The van der Waals surface area contributed by atoms with E-state index >= 15 is 0 Å². The highest BCUT2D eigenvalue weighted by Crippen LogP contribution is 2.39. The summed E-state index contributed by atoms with van der Waals surface area (Å²) in [4.78, 5) is 22.3. The SMILES string of the molecule is COC(=O)c1cccc(C(Br)(Br)OC(C)=O)c1. The molecule has 4 nitrogen and oxygen atoms in total. The Hall–Kier alpha value is -0.880. The summed E-state index contributed by atoms with van der Waals surface area (Å²) in [6.07, 6.45) is 0. The molecule has 0 bridgehead atoms. The lowest BCUT2D eigenvalue weighted by atomic mass is 10.1. The molecule has 0 saturated carbocycles. The number of benzene rings is 1. The van der Waals surface area contributed by atoms with E-state index < -0.39 is 15.4 Å². The molecular weight excluding hydrogens is 356 g/mol. The number of carbonyl (C=O) groups excluding carboxylic acids is 2. The lowest BCUT2D eigenvalue weighted by Crippen LogP contribution is -2.18. The molecule has 17 heavy (non-hydrogen) atoms. The van der Waals surface area contributed by atoms with E-state index in [0.717, 1.165) is 0 Å². The quantitative estimate of drug-likeness (QED) is 0.610. The highest BCUT2D eigenvalue weighted by atomic mass is 79.9. The van der Waals surface area contributed by atoms with E-state index in [2.05, 4.69) is 36.6 Å². The summed E-state index contributed by atoms with van der Waals surface area (Å²) in [6.45, 7) is 1.29. The lowest BCUT2D eigenvalue weighted by molar-refractivity contribution is -0.143. The van der Waals surface area contributed by atoms with Gasteiger partial charge in [-0.1, -0.05) is 12.1 Å². The zero-order valence-electron chi connectivity index (χ0n) is 9.20. The molecule has 6 heteroatoms. The molecule has 0 spiro atoms. The van der Waals surface area contributed by atoms with E-state index in [0.29, 0.717) is 11.1 Å². The Balaban J connectivity index is 3.06. The van der Waals surface area contributed by atoms with E-state index in [9.17, 15) is 9.59 Å². The molecule has 0 heterocycles. The Morgan fingerprint density at radius 3 is 2.47 bits per heavy atom. The second kappa shape index (κ2) is 5.64. The molecule has 0 aromatic heterocycles. The molecule has 1 aromatic carbocycles. The van der Waals surface area contributed by atoms with Crippen molar-refractivity contribution >= 4 is 43.8 Å². The average molecular weight is 366 g/mol. The third kappa shape index (κ3) is 3.81. The maximum absolute atomic E-state index is 11.4. The van der Waals surface area contributed by atoms with Gasteiger partial charge in [-0.15, -0.1) is 0 Å². The van der Waals surface area contributed by atoms with Crippen molar-refractivity contribution in [1.29, 1.82) is 0 Å². The van der Waals surface area contributed by atoms with Gasteiger partial charge in [0, 0.05) is 12.5 Å². The molecule has 0 aliphatic rings. The monoisotopic (exact) mass is 364 g/mol. The maximum atomic E-state index is 11.4. The zero-order valence-corrected chi connectivity index (χ0v) is 12.4. The number of methoxy groups -OCH3 is 1. The van der Waals surface area contributed by atoms with E-state index in [1.165, 1.54) is 14.0 Å². The number of hydrogen-bond acceptors (Lipinski definition) is 4. The third-order valence-corrected chi connectivity index (χ3v) is 3.13. The van der Waals surface area contributed by atoms with Crippen molar-refractivity contribution in [1.82, 2.24) is 0 Å². The van der Waals surface area contributed by atoms with E-state index in [1.54, 1.807) is 24.3 Å². The lowest BCUT2D eigenvalue weighted by Gasteiger charge is -2.20. The van der Waals surface area contributed by atoms with Crippen molar-refractivity contribution in [3.8, 4) is 0 Å². The maximum Gasteiger partial charge on any atom is 0.337 e. The summed E-state index contributed by atoms with van der Waals surface area (Å²) < 4.78 is 8.50. The normalized spacial score (nSPS) is 10.8. The summed E-state index contributed by atoms with van der Waals surface area (Å²) in [5, 5.41) is 0. The predicted molar refractivity (Wildman–Crippen MR) is 69.1 cm³/mol. The van der Waals surface area contributed by atoms with Crippen molar-refractivity contribution in [3.63, 3.8) is 0 Å². The fourth-order valence-corrected chi connectivity index (χ4v) is 2.13. The van der Waals surface area contributed by atoms with Crippen LogP contribution >= 0.6 is 31.9 Å². The van der Waals surface area contributed by atoms with Gasteiger partial charge in [-0.25, -0.2) is 4.79 Å². The van der Waals surface area contributed by atoms with Gasteiger partial charge in [0.25, 0.3) is 0 Å². The topological polar surface area (TPSA) is 52.6 Å². The van der Waals surface area contributed by atoms with Gasteiger partial charge in [-0.3, -0.25) is 4.79 Å². The van der Waals surface area contributed by atoms with Gasteiger partial charge < -0.3 is 9.47 Å². The van der Waals surface area contributed by atoms with E-state index in [4.69, 9.17) is 4.74 Å². The van der Waals surface area contributed by atoms with Crippen LogP contribution in [0.15, 0.2) is 24.3 Å². The Morgan fingerprint density at radius 1 is 1.29 bits per heavy atom. The molecule has 1 rings (SSSR count). The number of rotatable bonds is 3. The molecule has 0 aliphatic heterocycles. The summed E-state index contributed by atoms with van der Waals surface area (Å²) in [5.41, 5.74) is 0.955. The Bertz CT molecular complexity index is 443. The van der Waals surface area contributed by atoms with Gasteiger partial charge in [0.2, 0.25) is 3.42 Å². The predicted octanol–water partition coefficient (Wildman–Crippen LogP) is 2.94. The van der Waals surface area contributed by atoms with Crippen molar-refractivity contribution in [3.05, 3.63) is 35.4 Å². The van der Waals surface area contributed by atoms with Crippen LogP contribution < -0.4 is 0 Å². The first-order valence-corrected chi connectivity index (χ1v) is 6.21. The van der Waals surface area contributed by atoms with Crippen LogP contribution in [0.1, 0.15) is 22.8 Å². The van der Waals surface area contributed by atoms with Crippen molar-refractivity contribution < 1.29 is 19.1 Å². The van der Waals surface area contributed by atoms with Crippen molar-refractivity contribution in [2.75, 3.05) is 7.11 Å². The number of esters is 2. The summed E-state index contributed by atoms with van der Waals surface area (Å²) >= 11 is 6.43. The minimum atomic E-state index is -1.14. The van der Waals surface area contributed by atoms with Gasteiger partial charge in [0.15, 0.2) is 0 Å². The Morgan fingerprint density at radius 2 is 1.94 bits per heavy atom. The Kier molecular flexibility index (Phi) is 4.70. The van der Waals surface area contributed by atoms with Crippen LogP contribution in [0.25, 0.3) is 0 Å². The number of halogens is 2. The number of alkyl halides is 2. The fraction of sp³-hybridized carbons (Fsp3) is 0.273. The second-order valence-electron chi connectivity index (χ2n) is 3.18. The number of carbonyl (C=O) groups is 2. The third-order valence-electron chi connectivity index (χ3n) is 1.89. The molecule has 0 saturated heterocycles. The highest BCUT2D eigenvalue weighted by molar-refractivity contribution is 9.24. The van der Waals surface area contributed by atoms with Gasteiger partial charge >= 0.3 is 11.9 Å². The highest BCUT2D eigenvalue weighted by Gasteiger charge is 2.29. The summed E-state index contributed by atoms with van der Waals surface area (Å²) in [7, 11) is 1.30. The summed E-state index contributed by atoms with van der Waals surface area (Å²) in [5.74, 6) is -0.910. The van der Waals surface area contributed by atoms with Crippen LogP contribution in [-0.4, -0.2) is 19.0 Å². The standard InChI is InChI=1S/C11H10Br2O4/c1-7(14)17-11(12,13)9-5-3-4-8(6-9)10(15)16-2/h3-6H,1-2H3. The first-order valence-electron chi connectivity index (χ1n) is 4.63. The minimum absolute atomic E-state index is 0.375. The number of ether oxygens (including phenoxy) is 2. The van der Waals surface area contributed by atoms with Crippen LogP contribution in [0.3, 0.4) is 0 Å². The molecule has 0 unspecified atom stereocenters. The first kappa shape index (κ1) is 14.2. The first-order chi connectivity index (χ1) is 7.86. The van der Waals surface area contributed by atoms with E-state index in [-0.39, 0.29) is 0 Å². The van der Waals surface area contributed by atoms with Gasteiger partial charge in [-0.2, -0.15) is 0 Å². The largest absolute Gasteiger partial charge is 0.465 e. The van der Waals surface area contributed by atoms with Crippen LogP contribution in [0.5, 0.6) is 0 Å². The molecule has 0 fully saturated rings. The van der Waals surface area contributed by atoms with Crippen LogP contribution in [0.2, 0.25) is 0 Å². The molecule has 0 radical (unpaired) electrons. The molecular formula is C11H10Br2O4. The minimum Gasteiger partial charge on any atom is -0.465 e. The van der Waals surface area contributed by atoms with Gasteiger partial charge in [0.1, 0.15) is 0 Å². The molecule has 0 atom stereocenters. The molecule has 1 aromatic rings. The van der Waals surface area contributed by atoms with Crippen LogP contribution in [0.4, 0.5) is 0 Å². The average Bonchev–Trinajstić information content (AvgIpc) is 2.26. The molecule has 0 aliphatic carbocycles. The van der Waals surface area contributed by atoms with E-state index in [1.807, 2.05) is 0 Å². The zero-order chi connectivity index (χ0) is 13.1. The fourth-order valence-electron chi connectivity index (χ4n) is 1.18.